The number of nitrogens with one attached hydrogen (secondary N) is 1. The largest absolute Gasteiger partial charge is 0.466 e. The third kappa shape index (κ3) is 69.1. The quantitative estimate of drug-likeness (QED) is 0.0320. The molecule has 6 heteroatoms. The van der Waals surface area contributed by atoms with E-state index in [4.69, 9.17) is 4.74 Å². The van der Waals surface area contributed by atoms with Crippen LogP contribution in [0.2, 0.25) is 0 Å². The number of aliphatic hydroxyl groups is 2. The zero-order valence-electron chi connectivity index (χ0n) is 56.2. The van der Waals surface area contributed by atoms with E-state index in [1.54, 1.807) is 6.08 Å². The Balaban J connectivity index is 3.32. The number of rotatable bonds is 71. The summed E-state index contributed by atoms with van der Waals surface area (Å²) in [5.41, 5.74) is 0. The molecule has 0 bridgehead atoms. The highest BCUT2D eigenvalue weighted by molar-refractivity contribution is 5.76. The zero-order chi connectivity index (χ0) is 59.9. The van der Waals surface area contributed by atoms with Crippen LogP contribution in [0.25, 0.3) is 0 Å². The monoisotopic (exact) mass is 1170 g/mol. The number of ether oxygens (including phenoxy) is 1. The van der Waals surface area contributed by atoms with Gasteiger partial charge in [-0.25, -0.2) is 0 Å². The SMILES string of the molecule is CCCCCC/C=C\C/C=C\CCCCCCCCCC(=O)OCCCCCCCCCCCCCCCCCCCCCCCCCCCCCCCCCCCC(=O)NC(CO)C(O)/C=C/CCCCCCCCCCCCCCC. The van der Waals surface area contributed by atoms with Gasteiger partial charge in [-0.3, -0.25) is 9.59 Å². The molecule has 3 N–H and O–H groups in total. The summed E-state index contributed by atoms with van der Waals surface area (Å²) in [7, 11) is 0. The molecule has 0 radical (unpaired) electrons. The van der Waals surface area contributed by atoms with E-state index in [0.717, 1.165) is 51.4 Å². The second kappa shape index (κ2) is 72.6. The van der Waals surface area contributed by atoms with Gasteiger partial charge in [0.15, 0.2) is 0 Å². The normalized spacial score (nSPS) is 12.7. The fourth-order valence-corrected chi connectivity index (χ4v) is 11.9. The zero-order valence-corrected chi connectivity index (χ0v) is 56.2. The molecular formula is C77H147NO5. The summed E-state index contributed by atoms with van der Waals surface area (Å²) in [4.78, 5) is 24.6. The van der Waals surface area contributed by atoms with Crippen LogP contribution in [0.5, 0.6) is 0 Å². The molecule has 0 aromatic carbocycles. The number of carbonyl (C=O) groups is 2. The Morgan fingerprint density at radius 3 is 0.928 bits per heavy atom. The van der Waals surface area contributed by atoms with E-state index in [9.17, 15) is 19.8 Å². The van der Waals surface area contributed by atoms with Crippen LogP contribution in [0.1, 0.15) is 418 Å². The molecule has 83 heavy (non-hydrogen) atoms. The smallest absolute Gasteiger partial charge is 0.305 e. The molecule has 6 nitrogen and oxygen atoms in total. The van der Waals surface area contributed by atoms with Gasteiger partial charge in [0.25, 0.3) is 0 Å². The highest BCUT2D eigenvalue weighted by Gasteiger charge is 2.18. The van der Waals surface area contributed by atoms with Gasteiger partial charge >= 0.3 is 5.97 Å². The van der Waals surface area contributed by atoms with Crippen molar-refractivity contribution < 1.29 is 24.5 Å². The van der Waals surface area contributed by atoms with Crippen molar-refractivity contribution in [2.75, 3.05) is 13.2 Å². The minimum Gasteiger partial charge on any atom is -0.466 e. The molecule has 0 aromatic heterocycles. The standard InChI is InChI=1S/C77H147NO5/c1-3-5-7-9-11-13-15-17-19-20-39-43-47-51-55-59-63-67-71-77(82)83-72-68-64-60-56-52-48-44-40-37-35-33-31-29-27-25-23-21-22-24-26-28-30-32-34-36-38-42-46-50-54-58-62-66-70-76(81)78-74(73-79)75(80)69-65-61-57-53-49-45-41-18-16-14-12-10-8-6-4-2/h13,15,19-20,65,69,74-75,79-80H,3-12,14,16-18,21-64,66-68,70-73H2,1-2H3,(H,78,81)/b15-13-,20-19-,69-65+. The van der Waals surface area contributed by atoms with E-state index in [1.807, 2.05) is 6.08 Å². The van der Waals surface area contributed by atoms with E-state index in [1.165, 1.54) is 340 Å². The Bertz CT molecular complexity index is 1340. The lowest BCUT2D eigenvalue weighted by molar-refractivity contribution is -0.143. The van der Waals surface area contributed by atoms with Crippen molar-refractivity contribution in [2.24, 2.45) is 0 Å². The maximum absolute atomic E-state index is 12.5. The third-order valence-corrected chi connectivity index (χ3v) is 17.7. The number of carbonyl (C=O) groups excluding carboxylic acids is 2. The maximum Gasteiger partial charge on any atom is 0.305 e. The molecule has 490 valence electrons. The van der Waals surface area contributed by atoms with Crippen molar-refractivity contribution in [1.82, 2.24) is 5.32 Å². The van der Waals surface area contributed by atoms with Crippen molar-refractivity contribution in [2.45, 2.75) is 431 Å². The first-order valence-electron chi connectivity index (χ1n) is 37.8. The first-order valence-corrected chi connectivity index (χ1v) is 37.8. The molecule has 2 atom stereocenters. The molecule has 0 spiro atoms. The number of unbranched alkanes of at least 4 members (excludes halogenated alkanes) is 56. The number of amides is 1. The molecule has 0 rings (SSSR count). The summed E-state index contributed by atoms with van der Waals surface area (Å²) < 4.78 is 5.51. The lowest BCUT2D eigenvalue weighted by Crippen LogP contribution is -2.45. The molecule has 0 heterocycles. The summed E-state index contributed by atoms with van der Waals surface area (Å²) >= 11 is 0. The van der Waals surface area contributed by atoms with Crippen LogP contribution < -0.4 is 5.32 Å². The Kier molecular flexibility index (Phi) is 70.9. The molecule has 0 aliphatic carbocycles. The highest BCUT2D eigenvalue weighted by Crippen LogP contribution is 2.19. The van der Waals surface area contributed by atoms with Crippen LogP contribution in [0.15, 0.2) is 36.5 Å². The molecule has 0 aliphatic heterocycles. The van der Waals surface area contributed by atoms with Crippen molar-refractivity contribution in [3.8, 4) is 0 Å². The first kappa shape index (κ1) is 81.1. The lowest BCUT2D eigenvalue weighted by atomic mass is 10.0. The van der Waals surface area contributed by atoms with Gasteiger partial charge < -0.3 is 20.3 Å². The van der Waals surface area contributed by atoms with Crippen molar-refractivity contribution in [3.05, 3.63) is 36.5 Å². The highest BCUT2D eigenvalue weighted by atomic mass is 16.5. The Labute approximate surface area is 519 Å². The second-order valence-corrected chi connectivity index (χ2v) is 26.0. The van der Waals surface area contributed by atoms with Gasteiger partial charge in [-0.05, 0) is 64.2 Å². The van der Waals surface area contributed by atoms with Gasteiger partial charge in [0, 0.05) is 12.8 Å². The molecule has 0 saturated heterocycles. The maximum atomic E-state index is 12.5. The average molecular weight is 1170 g/mol. The van der Waals surface area contributed by atoms with Gasteiger partial charge in [-0.2, -0.15) is 0 Å². The minimum absolute atomic E-state index is 0.0146. The van der Waals surface area contributed by atoms with Crippen molar-refractivity contribution in [1.29, 1.82) is 0 Å². The summed E-state index contributed by atoms with van der Waals surface area (Å²) in [6, 6.07) is -0.624. The number of hydrogen-bond acceptors (Lipinski definition) is 5. The van der Waals surface area contributed by atoms with Crippen LogP contribution in [-0.2, 0) is 14.3 Å². The van der Waals surface area contributed by atoms with Gasteiger partial charge in [0.05, 0.1) is 25.4 Å². The second-order valence-electron chi connectivity index (χ2n) is 26.0. The molecule has 0 aromatic rings. The molecule has 1 amide bonds. The Hall–Kier alpha value is -1.92. The van der Waals surface area contributed by atoms with E-state index in [0.29, 0.717) is 19.4 Å². The Morgan fingerprint density at radius 2 is 0.602 bits per heavy atom. The summed E-state index contributed by atoms with van der Waals surface area (Å²) in [5, 5.41) is 23.2. The van der Waals surface area contributed by atoms with Gasteiger partial charge in [-0.15, -0.1) is 0 Å². The van der Waals surface area contributed by atoms with E-state index in [-0.39, 0.29) is 18.5 Å². The predicted octanol–water partition coefficient (Wildman–Crippen LogP) is 24.7. The summed E-state index contributed by atoms with van der Waals surface area (Å²) in [6.07, 6.45) is 94.0. The van der Waals surface area contributed by atoms with Gasteiger partial charge in [-0.1, -0.05) is 378 Å². The fourth-order valence-electron chi connectivity index (χ4n) is 11.9. The first-order chi connectivity index (χ1) is 41.0. The topological polar surface area (TPSA) is 95.9 Å². The van der Waals surface area contributed by atoms with Crippen LogP contribution in [0, 0.1) is 0 Å². The minimum atomic E-state index is -0.841. The summed E-state index contributed by atoms with van der Waals surface area (Å²) in [5.74, 6) is -0.0461. The molecule has 0 aliphatic rings. The van der Waals surface area contributed by atoms with Crippen LogP contribution in [-0.4, -0.2) is 47.4 Å². The van der Waals surface area contributed by atoms with Crippen LogP contribution in [0.3, 0.4) is 0 Å². The van der Waals surface area contributed by atoms with Crippen LogP contribution in [0.4, 0.5) is 0 Å². The fraction of sp³-hybridized carbons (Fsp3) is 0.896. The lowest BCUT2D eigenvalue weighted by Gasteiger charge is -2.20. The van der Waals surface area contributed by atoms with E-state index < -0.39 is 12.1 Å². The van der Waals surface area contributed by atoms with Crippen LogP contribution >= 0.6 is 0 Å². The van der Waals surface area contributed by atoms with Crippen molar-refractivity contribution >= 4 is 11.9 Å². The van der Waals surface area contributed by atoms with E-state index in [2.05, 4.69) is 43.5 Å². The molecule has 0 fully saturated rings. The number of allylic oxidation sites excluding steroid dienone is 5. The molecular weight excluding hydrogens is 1020 g/mol. The number of hydrogen-bond donors (Lipinski definition) is 3. The number of aliphatic hydroxyl groups excluding tert-OH is 2. The average Bonchev–Trinajstić information content (AvgIpc) is 3.48. The summed E-state index contributed by atoms with van der Waals surface area (Å²) in [6.45, 7) is 4.92. The predicted molar refractivity (Wildman–Crippen MR) is 366 cm³/mol. The molecule has 0 saturated carbocycles. The van der Waals surface area contributed by atoms with Gasteiger partial charge in [0.1, 0.15) is 0 Å². The Morgan fingerprint density at radius 1 is 0.337 bits per heavy atom. The van der Waals surface area contributed by atoms with Gasteiger partial charge in [0.2, 0.25) is 5.91 Å². The number of esters is 1. The third-order valence-electron chi connectivity index (χ3n) is 17.7. The van der Waals surface area contributed by atoms with Crippen molar-refractivity contribution in [3.63, 3.8) is 0 Å². The van der Waals surface area contributed by atoms with E-state index >= 15 is 0 Å². The molecule has 2 unspecified atom stereocenters.